The highest BCUT2D eigenvalue weighted by molar-refractivity contribution is 5.93. The van der Waals surface area contributed by atoms with Crippen LogP contribution in [0.1, 0.15) is 62.9 Å². The smallest absolute Gasteiger partial charge is 0.303 e. The summed E-state index contributed by atoms with van der Waals surface area (Å²) in [4.78, 5) is 23.3. The van der Waals surface area contributed by atoms with E-state index in [1.807, 2.05) is 24.3 Å². The Kier molecular flexibility index (Phi) is 6.59. The lowest BCUT2D eigenvalue weighted by atomic mass is 10.0. The lowest BCUT2D eigenvalue weighted by Crippen LogP contribution is -2.14. The van der Waals surface area contributed by atoms with Crippen LogP contribution in [0, 0.1) is 5.92 Å². The van der Waals surface area contributed by atoms with Crippen molar-refractivity contribution >= 4 is 22.8 Å². The largest absolute Gasteiger partial charge is 0.481 e. The molecule has 0 atom stereocenters. The van der Waals surface area contributed by atoms with E-state index in [9.17, 15) is 9.59 Å². The van der Waals surface area contributed by atoms with Crippen molar-refractivity contribution in [2.24, 2.45) is 5.92 Å². The molecular weight excluding hydrogens is 302 g/mol. The Morgan fingerprint density at radius 2 is 1.83 bits per heavy atom. The molecule has 0 bridgehead atoms. The molecule has 1 aromatic heterocycles. The summed E-state index contributed by atoms with van der Waals surface area (Å²) in [5.74, 6) is -0.154. The van der Waals surface area contributed by atoms with Crippen LogP contribution in [0.15, 0.2) is 30.3 Å². The van der Waals surface area contributed by atoms with Crippen molar-refractivity contribution in [1.82, 2.24) is 4.57 Å². The van der Waals surface area contributed by atoms with Gasteiger partial charge in [-0.3, -0.25) is 14.2 Å². The summed E-state index contributed by atoms with van der Waals surface area (Å²) in [7, 11) is 0. The molecule has 4 heteroatoms. The summed E-state index contributed by atoms with van der Waals surface area (Å²) in [6.07, 6.45) is 4.99. The second-order valence-corrected chi connectivity index (χ2v) is 6.81. The minimum atomic E-state index is -0.853. The Balaban J connectivity index is 2.13. The van der Waals surface area contributed by atoms with Gasteiger partial charge in [0.05, 0.1) is 5.52 Å². The van der Waals surface area contributed by atoms with Crippen LogP contribution < -0.4 is 0 Å². The maximum atomic E-state index is 12.6. The number of hydrogen-bond acceptors (Lipinski definition) is 2. The predicted molar refractivity (Wildman–Crippen MR) is 96.4 cm³/mol. The molecular formula is C20H27NO3. The first-order chi connectivity index (χ1) is 11.5. The van der Waals surface area contributed by atoms with Crippen molar-refractivity contribution in [2.45, 2.75) is 58.8 Å². The molecule has 1 N–H and O–H groups in total. The number of carboxylic acids is 1. The van der Waals surface area contributed by atoms with E-state index in [2.05, 4.69) is 19.9 Å². The highest BCUT2D eigenvalue weighted by Gasteiger charge is 2.15. The quantitative estimate of drug-likeness (QED) is 0.665. The number of unbranched alkanes of at least 4 members (excludes halogenated alkanes) is 1. The molecule has 0 aliphatic heterocycles. The fraction of sp³-hybridized carbons (Fsp3) is 0.500. The maximum absolute atomic E-state index is 12.6. The molecule has 2 rings (SSSR count). The van der Waals surface area contributed by atoms with Gasteiger partial charge in [0.1, 0.15) is 0 Å². The van der Waals surface area contributed by atoms with Crippen LogP contribution >= 0.6 is 0 Å². The van der Waals surface area contributed by atoms with Crippen molar-refractivity contribution in [3.63, 3.8) is 0 Å². The molecule has 0 spiro atoms. The molecule has 24 heavy (non-hydrogen) atoms. The van der Waals surface area contributed by atoms with Gasteiger partial charge in [0.2, 0.25) is 5.91 Å². The van der Waals surface area contributed by atoms with Gasteiger partial charge in [0, 0.05) is 23.9 Å². The van der Waals surface area contributed by atoms with Gasteiger partial charge in [-0.15, -0.1) is 0 Å². The lowest BCUT2D eigenvalue weighted by Gasteiger charge is -2.10. The minimum absolute atomic E-state index is 0.00342. The number of aromatic nitrogens is 1. The zero-order chi connectivity index (χ0) is 17.5. The number of nitrogens with zero attached hydrogens (tertiary/aromatic N) is 1. The van der Waals surface area contributed by atoms with Crippen molar-refractivity contribution < 1.29 is 14.7 Å². The molecule has 0 radical (unpaired) electrons. The number of rotatable bonds is 9. The van der Waals surface area contributed by atoms with E-state index in [1.165, 1.54) is 6.42 Å². The Morgan fingerprint density at radius 1 is 1.08 bits per heavy atom. The van der Waals surface area contributed by atoms with E-state index in [0.717, 1.165) is 35.9 Å². The van der Waals surface area contributed by atoms with Gasteiger partial charge in [-0.2, -0.15) is 0 Å². The molecule has 4 nitrogen and oxygen atoms in total. The topological polar surface area (TPSA) is 59.3 Å². The van der Waals surface area contributed by atoms with Crippen molar-refractivity contribution in [1.29, 1.82) is 0 Å². The third-order valence-electron chi connectivity index (χ3n) is 4.28. The van der Waals surface area contributed by atoms with Crippen LogP contribution in [0.5, 0.6) is 0 Å². The Labute approximate surface area is 143 Å². The molecule has 1 heterocycles. The van der Waals surface area contributed by atoms with E-state index in [-0.39, 0.29) is 18.7 Å². The molecule has 2 aromatic rings. The molecule has 0 saturated heterocycles. The first-order valence-corrected chi connectivity index (χ1v) is 8.83. The standard InChI is InChI=1S/C20H27NO3/c1-15(2)8-3-5-10-17-14-16-9-4-6-11-18(16)21(17)19(22)12-7-13-20(23)24/h4,6,9,11,14-15H,3,5,7-8,10,12-13H2,1-2H3,(H,23,24). The van der Waals surface area contributed by atoms with Gasteiger partial charge in [-0.25, -0.2) is 0 Å². The first kappa shape index (κ1) is 18.2. The number of aryl methyl sites for hydroxylation is 1. The van der Waals surface area contributed by atoms with Crippen LogP contribution in [0.2, 0.25) is 0 Å². The van der Waals surface area contributed by atoms with Gasteiger partial charge < -0.3 is 5.11 Å². The van der Waals surface area contributed by atoms with E-state index >= 15 is 0 Å². The number of para-hydroxylation sites is 1. The van der Waals surface area contributed by atoms with E-state index in [4.69, 9.17) is 5.11 Å². The summed E-state index contributed by atoms with van der Waals surface area (Å²) in [6.45, 7) is 4.45. The van der Waals surface area contributed by atoms with Gasteiger partial charge in [0.25, 0.3) is 0 Å². The van der Waals surface area contributed by atoms with Crippen LogP contribution in [0.4, 0.5) is 0 Å². The number of benzene rings is 1. The van der Waals surface area contributed by atoms with E-state index in [1.54, 1.807) is 4.57 Å². The molecule has 0 aliphatic rings. The predicted octanol–water partition coefficient (Wildman–Crippen LogP) is 4.91. The van der Waals surface area contributed by atoms with Gasteiger partial charge >= 0.3 is 5.97 Å². The summed E-state index contributed by atoms with van der Waals surface area (Å²) >= 11 is 0. The zero-order valence-electron chi connectivity index (χ0n) is 14.6. The number of carboxylic acid groups (broad SMARTS) is 1. The van der Waals surface area contributed by atoms with Gasteiger partial charge in [-0.1, -0.05) is 44.9 Å². The van der Waals surface area contributed by atoms with Crippen molar-refractivity contribution in [3.05, 3.63) is 36.0 Å². The molecule has 130 valence electrons. The monoisotopic (exact) mass is 329 g/mol. The number of carbonyl (C=O) groups is 2. The molecule has 0 saturated carbocycles. The third-order valence-corrected chi connectivity index (χ3v) is 4.28. The zero-order valence-corrected chi connectivity index (χ0v) is 14.6. The fourth-order valence-corrected chi connectivity index (χ4v) is 3.05. The second kappa shape index (κ2) is 8.67. The lowest BCUT2D eigenvalue weighted by molar-refractivity contribution is -0.137. The van der Waals surface area contributed by atoms with Crippen LogP contribution in [-0.4, -0.2) is 21.6 Å². The molecule has 0 amide bonds. The van der Waals surface area contributed by atoms with Crippen LogP contribution in [-0.2, 0) is 11.2 Å². The summed E-state index contributed by atoms with van der Waals surface area (Å²) < 4.78 is 1.80. The van der Waals surface area contributed by atoms with Crippen LogP contribution in [0.3, 0.4) is 0 Å². The number of fused-ring (bicyclic) bond motifs is 1. The normalized spacial score (nSPS) is 11.3. The van der Waals surface area contributed by atoms with Crippen molar-refractivity contribution in [2.75, 3.05) is 0 Å². The van der Waals surface area contributed by atoms with Crippen LogP contribution in [0.25, 0.3) is 10.9 Å². The Morgan fingerprint density at radius 3 is 2.54 bits per heavy atom. The Bertz CT molecular complexity index is 700. The maximum Gasteiger partial charge on any atom is 0.303 e. The molecule has 0 aliphatic carbocycles. The van der Waals surface area contributed by atoms with Gasteiger partial charge in [-0.05, 0) is 37.3 Å². The fourth-order valence-electron chi connectivity index (χ4n) is 3.05. The van der Waals surface area contributed by atoms with Gasteiger partial charge in [0.15, 0.2) is 0 Å². The average Bonchev–Trinajstić information content (AvgIpc) is 2.89. The van der Waals surface area contributed by atoms with E-state index in [0.29, 0.717) is 12.3 Å². The minimum Gasteiger partial charge on any atom is -0.481 e. The summed E-state index contributed by atoms with van der Waals surface area (Å²) in [5, 5.41) is 9.83. The third kappa shape index (κ3) is 4.95. The Hall–Kier alpha value is -2.10. The first-order valence-electron chi connectivity index (χ1n) is 8.83. The molecule has 1 aromatic carbocycles. The number of hydrogen-bond donors (Lipinski definition) is 1. The van der Waals surface area contributed by atoms with Crippen molar-refractivity contribution in [3.8, 4) is 0 Å². The molecule has 0 fully saturated rings. The molecule has 0 unspecified atom stereocenters. The summed E-state index contributed by atoms with van der Waals surface area (Å²) in [5.41, 5.74) is 1.97. The summed E-state index contributed by atoms with van der Waals surface area (Å²) in [6, 6.07) is 9.99. The average molecular weight is 329 g/mol. The number of carbonyl (C=O) groups excluding carboxylic acids is 1. The highest BCUT2D eigenvalue weighted by atomic mass is 16.4. The second-order valence-electron chi connectivity index (χ2n) is 6.81. The van der Waals surface area contributed by atoms with E-state index < -0.39 is 5.97 Å². The number of aliphatic carboxylic acids is 1. The highest BCUT2D eigenvalue weighted by Crippen LogP contribution is 2.23. The SMILES string of the molecule is CC(C)CCCCc1cc2ccccc2n1C(=O)CCCC(=O)O.